The Hall–Kier alpha value is -3.66. The van der Waals surface area contributed by atoms with Crippen molar-refractivity contribution in [3.63, 3.8) is 0 Å². The van der Waals surface area contributed by atoms with Crippen molar-refractivity contribution in [2.24, 2.45) is 11.7 Å². The van der Waals surface area contributed by atoms with Gasteiger partial charge in [-0.05, 0) is 55.0 Å². The number of benzene rings is 1. The molecule has 1 unspecified atom stereocenters. The Balaban J connectivity index is 1.54. The Labute approximate surface area is 173 Å². The maximum atomic E-state index is 12.1. The number of primary amides is 1. The third-order valence-electron chi connectivity index (χ3n) is 5.73. The summed E-state index contributed by atoms with van der Waals surface area (Å²) in [5.74, 6) is 5.94. The van der Waals surface area contributed by atoms with Gasteiger partial charge < -0.3 is 10.6 Å². The van der Waals surface area contributed by atoms with E-state index < -0.39 is 5.91 Å². The lowest BCUT2D eigenvalue weighted by atomic mass is 10.1. The quantitative estimate of drug-likeness (QED) is 0.684. The molecule has 0 bridgehead atoms. The molecule has 150 valence electrons. The summed E-state index contributed by atoms with van der Waals surface area (Å²) in [5.41, 5.74) is 9.02. The van der Waals surface area contributed by atoms with Crippen molar-refractivity contribution in [2.45, 2.75) is 25.2 Å². The van der Waals surface area contributed by atoms with Crippen LogP contribution in [0, 0.1) is 17.8 Å². The summed E-state index contributed by atoms with van der Waals surface area (Å²) in [6.45, 7) is 0.738. The molecule has 2 N–H and O–H groups in total. The van der Waals surface area contributed by atoms with E-state index in [-0.39, 0.29) is 17.5 Å². The summed E-state index contributed by atoms with van der Waals surface area (Å²) < 4.78 is 1.63. The van der Waals surface area contributed by atoms with Crippen LogP contribution in [0.4, 0.5) is 0 Å². The Morgan fingerprint density at radius 1 is 1.23 bits per heavy atom. The molecule has 1 saturated heterocycles. The molecule has 7 nitrogen and oxygen atoms in total. The second-order valence-electron chi connectivity index (χ2n) is 7.96. The molecular formula is C23H21N5O2. The zero-order chi connectivity index (χ0) is 20.8. The lowest BCUT2D eigenvalue weighted by molar-refractivity contribution is -0.128. The first kappa shape index (κ1) is 18.4. The number of carbonyl (C=O) groups is 2. The smallest absolute Gasteiger partial charge is 0.269 e. The molecule has 3 heterocycles. The summed E-state index contributed by atoms with van der Waals surface area (Å²) in [7, 11) is 1.80. The van der Waals surface area contributed by atoms with Crippen LogP contribution in [-0.2, 0) is 4.79 Å². The number of carbonyl (C=O) groups excluding carboxylic acids is 2. The number of hydrogen-bond donors (Lipinski definition) is 1. The molecule has 0 spiro atoms. The van der Waals surface area contributed by atoms with Gasteiger partial charge >= 0.3 is 0 Å². The van der Waals surface area contributed by atoms with Gasteiger partial charge in [-0.2, -0.15) is 5.10 Å². The number of fused-ring (bicyclic) bond motifs is 1. The third-order valence-corrected chi connectivity index (χ3v) is 5.73. The second-order valence-corrected chi connectivity index (χ2v) is 7.96. The maximum absolute atomic E-state index is 12.1. The molecular weight excluding hydrogens is 378 g/mol. The first-order valence-electron chi connectivity index (χ1n) is 10.1. The van der Waals surface area contributed by atoms with E-state index in [4.69, 9.17) is 5.73 Å². The number of likely N-dealkylation sites (tertiary alicyclic amines) is 1. The first-order valence-corrected chi connectivity index (χ1v) is 10.1. The van der Waals surface area contributed by atoms with E-state index in [0.29, 0.717) is 17.0 Å². The minimum Gasteiger partial charge on any atom is -0.364 e. The molecule has 2 aromatic heterocycles. The highest BCUT2D eigenvalue weighted by Crippen LogP contribution is 2.40. The number of amides is 2. The number of aromatic nitrogens is 3. The van der Waals surface area contributed by atoms with Gasteiger partial charge in [-0.1, -0.05) is 17.9 Å². The largest absolute Gasteiger partial charge is 0.364 e. The molecule has 2 fully saturated rings. The van der Waals surface area contributed by atoms with Crippen molar-refractivity contribution in [3.8, 4) is 17.5 Å². The lowest BCUT2D eigenvalue weighted by Crippen LogP contribution is -2.21. The van der Waals surface area contributed by atoms with Crippen molar-refractivity contribution in [1.82, 2.24) is 19.7 Å². The van der Waals surface area contributed by atoms with Gasteiger partial charge in [0.2, 0.25) is 5.91 Å². The van der Waals surface area contributed by atoms with Gasteiger partial charge in [0.05, 0.1) is 11.1 Å². The van der Waals surface area contributed by atoms with Crippen LogP contribution in [0.15, 0.2) is 36.5 Å². The fourth-order valence-corrected chi connectivity index (χ4v) is 3.86. The third kappa shape index (κ3) is 3.20. The van der Waals surface area contributed by atoms with E-state index >= 15 is 0 Å². The predicted molar refractivity (Wildman–Crippen MR) is 112 cm³/mol. The maximum Gasteiger partial charge on any atom is 0.269 e. The number of nitrogens with zero attached hydrogens (tertiary/aromatic N) is 4. The van der Waals surface area contributed by atoms with Crippen LogP contribution in [0.5, 0.6) is 0 Å². The van der Waals surface area contributed by atoms with Crippen molar-refractivity contribution in [2.75, 3.05) is 13.6 Å². The number of nitrogens with two attached hydrogens (primary N) is 1. The van der Waals surface area contributed by atoms with Gasteiger partial charge in [-0.25, -0.2) is 9.67 Å². The van der Waals surface area contributed by atoms with Gasteiger partial charge in [-0.3, -0.25) is 9.59 Å². The van der Waals surface area contributed by atoms with Gasteiger partial charge in [0, 0.05) is 25.4 Å². The topological polar surface area (TPSA) is 94.1 Å². The Morgan fingerprint density at radius 3 is 2.77 bits per heavy atom. The molecule has 7 heteroatoms. The molecule has 1 saturated carbocycles. The first-order chi connectivity index (χ1) is 14.5. The lowest BCUT2D eigenvalue weighted by Gasteiger charge is -2.05. The summed E-state index contributed by atoms with van der Waals surface area (Å²) in [6.07, 6.45) is 4.90. The predicted octanol–water partition coefficient (Wildman–Crippen LogP) is 2.23. The highest BCUT2D eigenvalue weighted by atomic mass is 16.2. The molecule has 3 aromatic rings. The van der Waals surface area contributed by atoms with Crippen LogP contribution in [-0.4, -0.2) is 45.1 Å². The highest BCUT2D eigenvalue weighted by Gasteiger charge is 2.27. The van der Waals surface area contributed by atoms with Crippen LogP contribution in [0.3, 0.4) is 0 Å². The van der Waals surface area contributed by atoms with Crippen molar-refractivity contribution >= 4 is 22.8 Å². The van der Waals surface area contributed by atoms with E-state index in [2.05, 4.69) is 21.9 Å². The molecule has 1 aromatic carbocycles. The summed E-state index contributed by atoms with van der Waals surface area (Å²) in [6, 6.07) is 9.50. The molecule has 2 aliphatic rings. The standard InChI is InChI=1S/C23H21N5O2/c1-27-10-9-16(23(27)30)6-5-14-3-2-4-18(11-14)28-22-19(20(26-28)21(24)29)12-17(13-25-22)15-7-8-15/h2-4,11-13,15-16H,7-10H2,1H3,(H2,24,29). The molecule has 5 rings (SSSR count). The van der Waals surface area contributed by atoms with Gasteiger partial charge in [-0.15, -0.1) is 0 Å². The van der Waals surface area contributed by atoms with Gasteiger partial charge in [0.25, 0.3) is 5.91 Å². The Bertz CT molecular complexity index is 1250. The number of hydrogen-bond acceptors (Lipinski definition) is 4. The monoisotopic (exact) mass is 399 g/mol. The summed E-state index contributed by atoms with van der Waals surface area (Å²) >= 11 is 0. The average Bonchev–Trinajstić information content (AvgIpc) is 3.46. The molecule has 1 aliphatic heterocycles. The molecule has 2 amide bonds. The average molecular weight is 399 g/mol. The van der Waals surface area contributed by atoms with Crippen molar-refractivity contribution < 1.29 is 9.59 Å². The molecule has 0 radical (unpaired) electrons. The van der Waals surface area contributed by atoms with Crippen LogP contribution >= 0.6 is 0 Å². The zero-order valence-electron chi connectivity index (χ0n) is 16.6. The van der Waals surface area contributed by atoms with E-state index in [1.807, 2.05) is 36.5 Å². The molecule has 30 heavy (non-hydrogen) atoms. The minimum absolute atomic E-state index is 0.0680. The highest BCUT2D eigenvalue weighted by molar-refractivity contribution is 6.03. The van der Waals surface area contributed by atoms with Crippen molar-refractivity contribution in [1.29, 1.82) is 0 Å². The SMILES string of the molecule is CN1CCC(C#Cc2cccc(-n3nc(C(N)=O)c4cc(C5CC5)cnc43)c2)C1=O. The second kappa shape index (κ2) is 6.99. The number of rotatable bonds is 3. The van der Waals surface area contributed by atoms with E-state index in [9.17, 15) is 9.59 Å². The summed E-state index contributed by atoms with van der Waals surface area (Å²) in [5, 5.41) is 5.12. The van der Waals surface area contributed by atoms with Crippen LogP contribution < -0.4 is 5.73 Å². The number of pyridine rings is 1. The zero-order valence-corrected chi connectivity index (χ0v) is 16.6. The molecule has 1 aliphatic carbocycles. The van der Waals surface area contributed by atoms with Crippen LogP contribution in [0.2, 0.25) is 0 Å². The fraction of sp³-hybridized carbons (Fsp3) is 0.304. The van der Waals surface area contributed by atoms with E-state index in [0.717, 1.165) is 42.6 Å². The van der Waals surface area contributed by atoms with Gasteiger partial charge in [0.1, 0.15) is 5.92 Å². The van der Waals surface area contributed by atoms with Crippen LogP contribution in [0.1, 0.15) is 46.8 Å². The van der Waals surface area contributed by atoms with Gasteiger partial charge in [0.15, 0.2) is 11.3 Å². The Kier molecular flexibility index (Phi) is 4.28. The summed E-state index contributed by atoms with van der Waals surface area (Å²) in [4.78, 5) is 30.3. The van der Waals surface area contributed by atoms with E-state index in [1.165, 1.54) is 0 Å². The normalized spacial score (nSPS) is 18.5. The van der Waals surface area contributed by atoms with Crippen LogP contribution in [0.25, 0.3) is 16.7 Å². The minimum atomic E-state index is -0.576. The molecule has 1 atom stereocenters. The van der Waals surface area contributed by atoms with E-state index in [1.54, 1.807) is 16.6 Å². The fourth-order valence-electron chi connectivity index (χ4n) is 3.86. The Morgan fingerprint density at radius 2 is 2.07 bits per heavy atom. The van der Waals surface area contributed by atoms with Crippen molar-refractivity contribution in [3.05, 3.63) is 53.3 Å².